The lowest BCUT2D eigenvalue weighted by molar-refractivity contribution is 0.0768. The first kappa shape index (κ1) is 15.3. The summed E-state index contributed by atoms with van der Waals surface area (Å²) in [6.45, 7) is 4.61. The van der Waals surface area contributed by atoms with Crippen molar-refractivity contribution >= 4 is 5.91 Å². The second kappa shape index (κ2) is 6.23. The molecule has 8 heteroatoms. The van der Waals surface area contributed by atoms with Crippen molar-refractivity contribution in [2.75, 3.05) is 20.2 Å². The first-order valence-corrected chi connectivity index (χ1v) is 7.33. The molecule has 122 valence electrons. The molecule has 3 rings (SSSR count). The number of aryl methyl sites for hydroxylation is 2. The molecule has 0 saturated carbocycles. The van der Waals surface area contributed by atoms with Crippen LogP contribution in [0.4, 0.5) is 0 Å². The van der Waals surface area contributed by atoms with Crippen LogP contribution < -0.4 is 9.47 Å². The highest BCUT2D eigenvalue weighted by Crippen LogP contribution is 2.21. The Morgan fingerprint density at radius 3 is 2.83 bits per heavy atom. The van der Waals surface area contributed by atoms with Crippen LogP contribution in [0.3, 0.4) is 0 Å². The Bertz CT molecular complexity index is 696. The summed E-state index contributed by atoms with van der Waals surface area (Å²) in [5, 5.41) is 3.83. The minimum absolute atomic E-state index is 0.0796. The first-order chi connectivity index (χ1) is 11.1. The van der Waals surface area contributed by atoms with E-state index in [0.29, 0.717) is 41.9 Å². The highest BCUT2D eigenvalue weighted by Gasteiger charge is 2.31. The van der Waals surface area contributed by atoms with E-state index in [2.05, 4.69) is 15.1 Å². The molecule has 1 amide bonds. The number of carbonyl (C=O) groups is 1. The lowest BCUT2D eigenvalue weighted by atomic mass is 10.2. The molecule has 3 heterocycles. The summed E-state index contributed by atoms with van der Waals surface area (Å²) in [7, 11) is 1.52. The van der Waals surface area contributed by atoms with Gasteiger partial charge in [-0.15, -0.1) is 0 Å². The van der Waals surface area contributed by atoms with Gasteiger partial charge in [-0.05, 0) is 13.8 Å². The van der Waals surface area contributed by atoms with Crippen LogP contribution in [0.15, 0.2) is 16.9 Å². The van der Waals surface area contributed by atoms with Gasteiger partial charge in [-0.3, -0.25) is 9.78 Å². The van der Waals surface area contributed by atoms with Gasteiger partial charge in [-0.1, -0.05) is 5.16 Å². The predicted octanol–water partition coefficient (Wildman–Crippen LogP) is 1.38. The van der Waals surface area contributed by atoms with E-state index in [4.69, 9.17) is 14.0 Å². The Kier molecular flexibility index (Phi) is 4.14. The Balaban J connectivity index is 1.65. The minimum atomic E-state index is -0.124. The van der Waals surface area contributed by atoms with Gasteiger partial charge in [0.15, 0.2) is 0 Å². The Labute approximate surface area is 133 Å². The third-order valence-electron chi connectivity index (χ3n) is 3.77. The van der Waals surface area contributed by atoms with Crippen molar-refractivity contribution < 1.29 is 18.8 Å². The number of methoxy groups -OCH3 is 1. The molecule has 0 aliphatic carbocycles. The summed E-state index contributed by atoms with van der Waals surface area (Å²) < 4.78 is 15.9. The summed E-state index contributed by atoms with van der Waals surface area (Å²) in [5.41, 5.74) is 1.14. The molecule has 2 aromatic heterocycles. The van der Waals surface area contributed by atoms with Gasteiger partial charge in [0, 0.05) is 13.0 Å². The zero-order chi connectivity index (χ0) is 16.4. The molecule has 1 aliphatic rings. The molecular formula is C15H18N4O4. The van der Waals surface area contributed by atoms with E-state index < -0.39 is 0 Å². The monoisotopic (exact) mass is 318 g/mol. The number of rotatable bonds is 4. The molecule has 1 aliphatic heterocycles. The maximum atomic E-state index is 12.6. The summed E-state index contributed by atoms with van der Waals surface area (Å²) in [5.74, 6) is 1.24. The summed E-state index contributed by atoms with van der Waals surface area (Å²) >= 11 is 0. The van der Waals surface area contributed by atoms with Crippen molar-refractivity contribution in [1.82, 2.24) is 20.0 Å². The van der Waals surface area contributed by atoms with Gasteiger partial charge >= 0.3 is 0 Å². The van der Waals surface area contributed by atoms with Crippen molar-refractivity contribution in [2.45, 2.75) is 26.4 Å². The summed E-state index contributed by atoms with van der Waals surface area (Å²) in [4.78, 5) is 22.5. The molecule has 1 fully saturated rings. The zero-order valence-electron chi connectivity index (χ0n) is 13.3. The molecule has 0 spiro atoms. The van der Waals surface area contributed by atoms with E-state index in [0.717, 1.165) is 6.42 Å². The lowest BCUT2D eigenvalue weighted by Gasteiger charge is -2.16. The molecular weight excluding hydrogens is 300 g/mol. The van der Waals surface area contributed by atoms with Gasteiger partial charge in [0.25, 0.3) is 5.91 Å². The van der Waals surface area contributed by atoms with Crippen LogP contribution in [0.2, 0.25) is 0 Å². The van der Waals surface area contributed by atoms with Crippen LogP contribution in [-0.4, -0.2) is 52.2 Å². The number of hydrogen-bond donors (Lipinski definition) is 0. The third-order valence-corrected chi connectivity index (χ3v) is 3.77. The van der Waals surface area contributed by atoms with E-state index in [-0.39, 0.29) is 12.0 Å². The van der Waals surface area contributed by atoms with Crippen LogP contribution in [0.5, 0.6) is 11.8 Å². The summed E-state index contributed by atoms with van der Waals surface area (Å²) in [6, 6.07) is 0. The Morgan fingerprint density at radius 2 is 2.13 bits per heavy atom. The van der Waals surface area contributed by atoms with Crippen molar-refractivity contribution in [3.05, 3.63) is 29.4 Å². The van der Waals surface area contributed by atoms with Gasteiger partial charge in [0.2, 0.25) is 11.8 Å². The van der Waals surface area contributed by atoms with Gasteiger partial charge in [-0.25, -0.2) is 0 Å². The standard InChI is InChI=1S/C15H18N4O4/c1-9-14(10(2)23-18-9)15(20)19-5-4-11(8-19)22-13-7-16-6-12(17-13)21-3/h6-7,11H,4-5,8H2,1-3H3. The Hall–Kier alpha value is -2.64. The fraction of sp³-hybridized carbons (Fsp3) is 0.467. The number of aromatic nitrogens is 3. The Morgan fingerprint density at radius 1 is 1.35 bits per heavy atom. The number of carbonyl (C=O) groups excluding carboxylic acids is 1. The number of nitrogens with zero attached hydrogens (tertiary/aromatic N) is 4. The van der Waals surface area contributed by atoms with Crippen molar-refractivity contribution in [3.8, 4) is 11.8 Å². The highest BCUT2D eigenvalue weighted by atomic mass is 16.5. The topological polar surface area (TPSA) is 90.6 Å². The molecule has 0 radical (unpaired) electrons. The number of amides is 1. The molecule has 0 bridgehead atoms. The second-order valence-corrected chi connectivity index (χ2v) is 5.38. The number of ether oxygens (including phenoxy) is 2. The normalized spacial score (nSPS) is 17.3. The second-order valence-electron chi connectivity index (χ2n) is 5.38. The molecule has 1 atom stereocenters. The lowest BCUT2D eigenvalue weighted by Crippen LogP contribution is -2.31. The van der Waals surface area contributed by atoms with E-state index in [1.54, 1.807) is 18.7 Å². The maximum Gasteiger partial charge on any atom is 0.259 e. The number of hydrogen-bond acceptors (Lipinski definition) is 7. The molecule has 8 nitrogen and oxygen atoms in total. The summed E-state index contributed by atoms with van der Waals surface area (Å²) in [6.07, 6.45) is 3.64. The van der Waals surface area contributed by atoms with Crippen molar-refractivity contribution in [1.29, 1.82) is 0 Å². The molecule has 1 saturated heterocycles. The van der Waals surface area contributed by atoms with Crippen molar-refractivity contribution in [3.63, 3.8) is 0 Å². The van der Waals surface area contributed by atoms with Crippen LogP contribution in [-0.2, 0) is 0 Å². The van der Waals surface area contributed by atoms with Crippen LogP contribution in [0.25, 0.3) is 0 Å². The smallest absolute Gasteiger partial charge is 0.259 e. The molecule has 0 N–H and O–H groups in total. The van der Waals surface area contributed by atoms with Crippen molar-refractivity contribution in [2.24, 2.45) is 0 Å². The van der Waals surface area contributed by atoms with Crippen LogP contribution >= 0.6 is 0 Å². The average molecular weight is 318 g/mol. The maximum absolute atomic E-state index is 12.6. The van der Waals surface area contributed by atoms with E-state index in [1.165, 1.54) is 19.5 Å². The predicted molar refractivity (Wildman–Crippen MR) is 79.5 cm³/mol. The fourth-order valence-electron chi connectivity index (χ4n) is 2.61. The van der Waals surface area contributed by atoms with E-state index in [9.17, 15) is 4.79 Å². The van der Waals surface area contributed by atoms with E-state index in [1.807, 2.05) is 0 Å². The molecule has 2 aromatic rings. The highest BCUT2D eigenvalue weighted by molar-refractivity contribution is 5.96. The van der Waals surface area contributed by atoms with Gasteiger partial charge in [-0.2, -0.15) is 4.98 Å². The van der Waals surface area contributed by atoms with Crippen LogP contribution in [0, 0.1) is 13.8 Å². The van der Waals surface area contributed by atoms with Crippen LogP contribution in [0.1, 0.15) is 28.2 Å². The number of likely N-dealkylation sites (tertiary alicyclic amines) is 1. The van der Waals surface area contributed by atoms with Gasteiger partial charge in [0.1, 0.15) is 17.4 Å². The molecule has 0 aromatic carbocycles. The SMILES string of the molecule is COc1cncc(OC2CCN(C(=O)c3c(C)noc3C)C2)n1. The largest absolute Gasteiger partial charge is 0.480 e. The van der Waals surface area contributed by atoms with Gasteiger partial charge in [0.05, 0.1) is 31.7 Å². The molecule has 1 unspecified atom stereocenters. The van der Waals surface area contributed by atoms with Gasteiger partial charge < -0.3 is 18.9 Å². The molecule has 23 heavy (non-hydrogen) atoms. The quantitative estimate of drug-likeness (QED) is 0.841. The average Bonchev–Trinajstić information content (AvgIpc) is 3.14. The van der Waals surface area contributed by atoms with E-state index >= 15 is 0 Å². The third kappa shape index (κ3) is 3.10. The first-order valence-electron chi connectivity index (χ1n) is 7.33. The minimum Gasteiger partial charge on any atom is -0.480 e. The fourth-order valence-corrected chi connectivity index (χ4v) is 2.61. The zero-order valence-corrected chi connectivity index (χ0v) is 13.3.